The molecule has 0 heterocycles. The van der Waals surface area contributed by atoms with Crippen molar-refractivity contribution < 1.29 is 14.2 Å². The molecule has 0 spiro atoms. The van der Waals surface area contributed by atoms with Crippen LogP contribution in [0.5, 0.6) is 11.5 Å². The van der Waals surface area contributed by atoms with Gasteiger partial charge < -0.3 is 19.9 Å². The Bertz CT molecular complexity index is 868. The molecule has 4 nitrogen and oxygen atoms in total. The molecule has 0 aliphatic heterocycles. The van der Waals surface area contributed by atoms with E-state index in [0.717, 1.165) is 48.7 Å². The quantitative estimate of drug-likeness (QED) is 0.248. The highest BCUT2D eigenvalue weighted by molar-refractivity contribution is 5.31. The predicted octanol–water partition coefficient (Wildman–Crippen LogP) is 6.70. The zero-order chi connectivity index (χ0) is 23.0. The fourth-order valence-electron chi connectivity index (χ4n) is 3.58. The first-order chi connectivity index (χ1) is 16.3. The fourth-order valence-corrected chi connectivity index (χ4v) is 3.58. The van der Waals surface area contributed by atoms with E-state index in [0.29, 0.717) is 13.2 Å². The number of benzene rings is 3. The van der Waals surface area contributed by atoms with Crippen LogP contribution in [0.1, 0.15) is 55.7 Å². The summed E-state index contributed by atoms with van der Waals surface area (Å²) in [5, 5.41) is 0. The lowest BCUT2D eigenvalue weighted by molar-refractivity contribution is 0.117. The van der Waals surface area contributed by atoms with Crippen LogP contribution >= 0.6 is 0 Å². The molecule has 3 aromatic carbocycles. The van der Waals surface area contributed by atoms with Gasteiger partial charge in [0.2, 0.25) is 0 Å². The molecule has 0 aliphatic carbocycles. The number of nitrogens with two attached hydrogens (primary N) is 1. The zero-order valence-electron chi connectivity index (χ0n) is 19.5. The Morgan fingerprint density at radius 2 is 1.12 bits per heavy atom. The monoisotopic (exact) mass is 447 g/mol. The van der Waals surface area contributed by atoms with Crippen LogP contribution < -0.4 is 15.2 Å². The average molecular weight is 448 g/mol. The van der Waals surface area contributed by atoms with Gasteiger partial charge in [0.1, 0.15) is 18.1 Å². The molecule has 0 unspecified atom stereocenters. The van der Waals surface area contributed by atoms with E-state index in [2.05, 4.69) is 24.3 Å². The SMILES string of the molecule is N[C@H](COCCCCCCCCOc1ccc(OCc2ccccc2)cc1)c1ccccc1. The highest BCUT2D eigenvalue weighted by Gasteiger charge is 2.04. The Labute approximate surface area is 198 Å². The largest absolute Gasteiger partial charge is 0.494 e. The van der Waals surface area contributed by atoms with Crippen molar-refractivity contribution >= 4 is 0 Å². The Kier molecular flexibility index (Phi) is 11.4. The van der Waals surface area contributed by atoms with Gasteiger partial charge in [-0.3, -0.25) is 0 Å². The minimum atomic E-state index is -0.0378. The Balaban J connectivity index is 1.14. The van der Waals surface area contributed by atoms with Gasteiger partial charge in [-0.2, -0.15) is 0 Å². The number of unbranched alkanes of at least 4 members (excludes halogenated alkanes) is 5. The molecule has 3 aromatic rings. The van der Waals surface area contributed by atoms with Crippen molar-refractivity contribution in [3.8, 4) is 11.5 Å². The molecular formula is C29H37NO3. The summed E-state index contributed by atoms with van der Waals surface area (Å²) < 4.78 is 17.4. The Hall–Kier alpha value is -2.82. The van der Waals surface area contributed by atoms with Gasteiger partial charge in [0, 0.05) is 6.61 Å². The van der Waals surface area contributed by atoms with Crippen LogP contribution in [0.3, 0.4) is 0 Å². The first kappa shape index (κ1) is 24.8. The molecule has 2 N–H and O–H groups in total. The molecule has 0 saturated carbocycles. The van der Waals surface area contributed by atoms with Crippen molar-refractivity contribution in [3.63, 3.8) is 0 Å². The van der Waals surface area contributed by atoms with Gasteiger partial charge >= 0.3 is 0 Å². The second-order valence-electron chi connectivity index (χ2n) is 8.31. The number of hydrogen-bond acceptors (Lipinski definition) is 4. The smallest absolute Gasteiger partial charge is 0.120 e. The lowest BCUT2D eigenvalue weighted by Crippen LogP contribution is -2.17. The van der Waals surface area contributed by atoms with Gasteiger partial charge in [-0.25, -0.2) is 0 Å². The van der Waals surface area contributed by atoms with Crippen LogP contribution in [0.4, 0.5) is 0 Å². The summed E-state index contributed by atoms with van der Waals surface area (Å²) in [6.45, 7) is 2.70. The minimum Gasteiger partial charge on any atom is -0.494 e. The second kappa shape index (κ2) is 15.1. The van der Waals surface area contributed by atoms with E-state index < -0.39 is 0 Å². The maximum atomic E-state index is 6.15. The number of rotatable bonds is 16. The Morgan fingerprint density at radius 1 is 0.576 bits per heavy atom. The summed E-state index contributed by atoms with van der Waals surface area (Å²) in [6, 6.07) is 28.2. The maximum Gasteiger partial charge on any atom is 0.120 e. The van der Waals surface area contributed by atoms with Crippen LogP contribution in [0.25, 0.3) is 0 Å². The Morgan fingerprint density at radius 3 is 1.79 bits per heavy atom. The van der Waals surface area contributed by atoms with Crippen molar-refractivity contribution in [2.75, 3.05) is 19.8 Å². The van der Waals surface area contributed by atoms with Crippen molar-refractivity contribution in [2.24, 2.45) is 5.73 Å². The molecule has 3 rings (SSSR count). The summed E-state index contributed by atoms with van der Waals surface area (Å²) in [5.74, 6) is 1.75. The number of hydrogen-bond donors (Lipinski definition) is 1. The first-order valence-electron chi connectivity index (χ1n) is 12.1. The molecule has 0 saturated heterocycles. The highest BCUT2D eigenvalue weighted by Crippen LogP contribution is 2.19. The summed E-state index contributed by atoms with van der Waals surface area (Å²) in [7, 11) is 0. The molecule has 0 amide bonds. The van der Waals surface area contributed by atoms with Gasteiger partial charge in [-0.1, -0.05) is 86.3 Å². The van der Waals surface area contributed by atoms with Crippen LogP contribution in [-0.4, -0.2) is 19.8 Å². The topological polar surface area (TPSA) is 53.7 Å². The van der Waals surface area contributed by atoms with E-state index in [1.807, 2.05) is 60.7 Å². The molecule has 0 aliphatic rings. The van der Waals surface area contributed by atoms with Gasteiger partial charge in [-0.05, 0) is 48.2 Å². The van der Waals surface area contributed by atoms with Crippen LogP contribution in [0, 0.1) is 0 Å². The normalized spacial score (nSPS) is 11.8. The van der Waals surface area contributed by atoms with Crippen LogP contribution in [0.2, 0.25) is 0 Å². The van der Waals surface area contributed by atoms with Crippen LogP contribution in [-0.2, 0) is 11.3 Å². The van der Waals surface area contributed by atoms with Crippen molar-refractivity contribution in [2.45, 2.75) is 51.2 Å². The third-order valence-electron chi connectivity index (χ3n) is 5.55. The predicted molar refractivity (Wildman–Crippen MR) is 135 cm³/mol. The molecule has 0 fully saturated rings. The standard InChI is InChI=1S/C29H37NO3/c30-29(26-15-9-6-10-16-26)24-31-21-11-3-1-2-4-12-22-32-27-17-19-28(20-18-27)33-23-25-13-7-5-8-14-25/h5-10,13-20,29H,1-4,11-12,21-24,30H2/t29-/m1/s1. The molecular weight excluding hydrogens is 410 g/mol. The zero-order valence-corrected chi connectivity index (χ0v) is 19.5. The van der Waals surface area contributed by atoms with E-state index in [4.69, 9.17) is 19.9 Å². The third-order valence-corrected chi connectivity index (χ3v) is 5.55. The minimum absolute atomic E-state index is 0.0378. The molecule has 33 heavy (non-hydrogen) atoms. The second-order valence-corrected chi connectivity index (χ2v) is 8.31. The molecule has 1 atom stereocenters. The fraction of sp³-hybridized carbons (Fsp3) is 0.379. The third kappa shape index (κ3) is 10.1. The summed E-state index contributed by atoms with van der Waals surface area (Å²) in [4.78, 5) is 0. The maximum absolute atomic E-state index is 6.15. The van der Waals surface area contributed by atoms with E-state index in [-0.39, 0.29) is 6.04 Å². The lowest BCUT2D eigenvalue weighted by Gasteiger charge is -2.12. The van der Waals surface area contributed by atoms with E-state index >= 15 is 0 Å². The summed E-state index contributed by atoms with van der Waals surface area (Å²) in [5.41, 5.74) is 8.44. The van der Waals surface area contributed by atoms with Crippen molar-refractivity contribution in [1.29, 1.82) is 0 Å². The number of ether oxygens (including phenoxy) is 3. The van der Waals surface area contributed by atoms with Gasteiger partial charge in [0.15, 0.2) is 0 Å². The van der Waals surface area contributed by atoms with Gasteiger partial charge in [0.05, 0.1) is 19.3 Å². The van der Waals surface area contributed by atoms with Crippen molar-refractivity contribution in [1.82, 2.24) is 0 Å². The van der Waals surface area contributed by atoms with E-state index in [1.165, 1.54) is 25.7 Å². The van der Waals surface area contributed by atoms with Gasteiger partial charge in [-0.15, -0.1) is 0 Å². The van der Waals surface area contributed by atoms with E-state index in [1.54, 1.807) is 0 Å². The van der Waals surface area contributed by atoms with Gasteiger partial charge in [0.25, 0.3) is 0 Å². The average Bonchev–Trinajstić information content (AvgIpc) is 2.87. The van der Waals surface area contributed by atoms with Crippen LogP contribution in [0.15, 0.2) is 84.9 Å². The highest BCUT2D eigenvalue weighted by atomic mass is 16.5. The van der Waals surface area contributed by atoms with Crippen molar-refractivity contribution in [3.05, 3.63) is 96.1 Å². The molecule has 0 aromatic heterocycles. The first-order valence-corrected chi connectivity index (χ1v) is 12.1. The molecule has 4 heteroatoms. The summed E-state index contributed by atoms with van der Waals surface area (Å²) in [6.07, 6.45) is 7.04. The molecule has 0 bridgehead atoms. The molecule has 0 radical (unpaired) electrons. The lowest BCUT2D eigenvalue weighted by atomic mass is 10.1. The molecule has 176 valence electrons. The summed E-state index contributed by atoms with van der Waals surface area (Å²) >= 11 is 0. The van der Waals surface area contributed by atoms with E-state index in [9.17, 15) is 0 Å².